The molecule has 0 aromatic heterocycles. The Labute approximate surface area is 117 Å². The van der Waals surface area contributed by atoms with Gasteiger partial charge in [-0.1, -0.05) is 32.9 Å². The second kappa shape index (κ2) is 6.18. The fourth-order valence-electron chi connectivity index (χ4n) is 1.43. The summed E-state index contributed by atoms with van der Waals surface area (Å²) in [6.45, 7) is 5.09. The van der Waals surface area contributed by atoms with E-state index in [0.29, 0.717) is 5.69 Å². The van der Waals surface area contributed by atoms with Crippen molar-refractivity contribution in [2.45, 2.75) is 20.8 Å². The molecule has 0 bridgehead atoms. The third-order valence-electron chi connectivity index (χ3n) is 2.56. The molecule has 0 atom stereocenters. The predicted octanol–water partition coefficient (Wildman–Crippen LogP) is 0.886. The largest absolute Gasteiger partial charge is 0.366 e. The number of hydrogen-bond acceptors (Lipinski definition) is 3. The fraction of sp³-hybridized carbons (Fsp3) is 0.357. The Bertz CT molecular complexity index is 533. The van der Waals surface area contributed by atoms with Crippen LogP contribution in [0.5, 0.6) is 0 Å². The van der Waals surface area contributed by atoms with Crippen molar-refractivity contribution >= 4 is 23.4 Å². The summed E-state index contributed by atoms with van der Waals surface area (Å²) in [6.07, 6.45) is 0. The van der Waals surface area contributed by atoms with Gasteiger partial charge in [0, 0.05) is 5.41 Å². The highest BCUT2D eigenvalue weighted by Crippen LogP contribution is 2.14. The molecule has 0 spiro atoms. The van der Waals surface area contributed by atoms with E-state index in [1.807, 2.05) is 0 Å². The molecule has 0 unspecified atom stereocenters. The van der Waals surface area contributed by atoms with Crippen LogP contribution in [0.4, 0.5) is 5.69 Å². The van der Waals surface area contributed by atoms with E-state index in [0.717, 1.165) is 0 Å². The van der Waals surface area contributed by atoms with Crippen molar-refractivity contribution in [1.29, 1.82) is 0 Å². The minimum absolute atomic E-state index is 0.163. The summed E-state index contributed by atoms with van der Waals surface area (Å²) in [6, 6.07) is 6.42. The number of para-hydroxylation sites is 1. The van der Waals surface area contributed by atoms with Crippen molar-refractivity contribution in [3.8, 4) is 0 Å². The zero-order valence-electron chi connectivity index (χ0n) is 11.8. The van der Waals surface area contributed by atoms with Gasteiger partial charge in [0.15, 0.2) is 0 Å². The molecule has 0 aliphatic carbocycles. The maximum Gasteiger partial charge on any atom is 0.250 e. The quantitative estimate of drug-likeness (QED) is 0.761. The molecule has 108 valence electrons. The van der Waals surface area contributed by atoms with Gasteiger partial charge in [-0.15, -0.1) is 0 Å². The first-order valence-corrected chi connectivity index (χ1v) is 6.19. The number of carbonyl (C=O) groups is 3. The minimum Gasteiger partial charge on any atom is -0.366 e. The van der Waals surface area contributed by atoms with Crippen LogP contribution in [0.25, 0.3) is 0 Å². The lowest BCUT2D eigenvalue weighted by molar-refractivity contribution is -0.130. The molecule has 0 radical (unpaired) electrons. The number of anilines is 1. The van der Waals surface area contributed by atoms with E-state index in [1.165, 1.54) is 6.07 Å². The van der Waals surface area contributed by atoms with Crippen molar-refractivity contribution in [2.75, 3.05) is 11.9 Å². The number of nitrogens with one attached hydrogen (secondary N) is 2. The van der Waals surface area contributed by atoms with E-state index in [1.54, 1.807) is 39.0 Å². The molecule has 0 saturated carbocycles. The molecular weight excluding hydrogens is 258 g/mol. The van der Waals surface area contributed by atoms with Crippen LogP contribution < -0.4 is 16.4 Å². The zero-order chi connectivity index (χ0) is 15.3. The number of carbonyl (C=O) groups excluding carboxylic acids is 3. The molecule has 0 heterocycles. The molecule has 4 N–H and O–H groups in total. The fourth-order valence-corrected chi connectivity index (χ4v) is 1.43. The smallest absolute Gasteiger partial charge is 0.250 e. The van der Waals surface area contributed by atoms with Gasteiger partial charge in [-0.2, -0.15) is 0 Å². The van der Waals surface area contributed by atoms with Crippen molar-refractivity contribution in [3.63, 3.8) is 0 Å². The lowest BCUT2D eigenvalue weighted by Gasteiger charge is -2.17. The summed E-state index contributed by atoms with van der Waals surface area (Å²) < 4.78 is 0. The van der Waals surface area contributed by atoms with Crippen LogP contribution in [-0.2, 0) is 9.59 Å². The molecule has 1 rings (SSSR count). The number of benzene rings is 1. The van der Waals surface area contributed by atoms with Gasteiger partial charge in [0.05, 0.1) is 17.8 Å². The monoisotopic (exact) mass is 277 g/mol. The third kappa shape index (κ3) is 4.38. The maximum atomic E-state index is 11.7. The normalized spacial score (nSPS) is 10.8. The van der Waals surface area contributed by atoms with Gasteiger partial charge in [-0.05, 0) is 12.1 Å². The highest BCUT2D eigenvalue weighted by Gasteiger charge is 2.21. The average molecular weight is 277 g/mol. The standard InChI is InChI=1S/C14H19N3O3/c1-14(2,3)13(20)16-8-11(18)17-10-7-5-4-6-9(10)12(15)19/h4-7H,8H2,1-3H3,(H2,15,19)(H,16,20)(H,17,18). The number of rotatable bonds is 4. The van der Waals surface area contributed by atoms with Gasteiger partial charge in [-0.3, -0.25) is 14.4 Å². The summed E-state index contributed by atoms with van der Waals surface area (Å²) in [4.78, 5) is 34.6. The molecule has 6 heteroatoms. The van der Waals surface area contributed by atoms with Crippen molar-refractivity contribution in [3.05, 3.63) is 29.8 Å². The first-order chi connectivity index (χ1) is 9.21. The van der Waals surface area contributed by atoms with E-state index in [2.05, 4.69) is 10.6 Å². The Balaban J connectivity index is 2.64. The molecule has 0 aliphatic heterocycles. The SMILES string of the molecule is CC(C)(C)C(=O)NCC(=O)Nc1ccccc1C(N)=O. The summed E-state index contributed by atoms with van der Waals surface area (Å²) in [7, 11) is 0. The highest BCUT2D eigenvalue weighted by atomic mass is 16.2. The molecule has 3 amide bonds. The van der Waals surface area contributed by atoms with E-state index >= 15 is 0 Å². The number of nitrogens with two attached hydrogens (primary N) is 1. The summed E-state index contributed by atoms with van der Waals surface area (Å²) in [5.41, 5.74) is 5.20. The first kappa shape index (κ1) is 15.7. The Kier molecular flexibility index (Phi) is 4.85. The summed E-state index contributed by atoms with van der Waals surface area (Å²) in [5.74, 6) is -1.27. The summed E-state index contributed by atoms with van der Waals surface area (Å²) >= 11 is 0. The number of primary amides is 1. The van der Waals surface area contributed by atoms with E-state index in [4.69, 9.17) is 5.73 Å². The van der Waals surface area contributed by atoms with Gasteiger partial charge in [0.25, 0.3) is 5.91 Å². The number of amides is 3. The first-order valence-electron chi connectivity index (χ1n) is 6.19. The highest BCUT2D eigenvalue weighted by molar-refractivity contribution is 6.03. The van der Waals surface area contributed by atoms with Crippen LogP contribution in [0.2, 0.25) is 0 Å². The lowest BCUT2D eigenvalue weighted by Crippen LogP contribution is -2.39. The van der Waals surface area contributed by atoms with E-state index in [-0.39, 0.29) is 18.0 Å². The van der Waals surface area contributed by atoms with E-state index < -0.39 is 17.2 Å². The molecule has 6 nitrogen and oxygen atoms in total. The van der Waals surface area contributed by atoms with Crippen LogP contribution in [0.1, 0.15) is 31.1 Å². The molecule has 0 aliphatic rings. The Morgan fingerprint density at radius 1 is 1.15 bits per heavy atom. The van der Waals surface area contributed by atoms with Crippen LogP contribution in [0.15, 0.2) is 24.3 Å². The van der Waals surface area contributed by atoms with E-state index in [9.17, 15) is 14.4 Å². The lowest BCUT2D eigenvalue weighted by atomic mass is 9.96. The van der Waals surface area contributed by atoms with Crippen LogP contribution in [0.3, 0.4) is 0 Å². The average Bonchev–Trinajstić information content (AvgIpc) is 2.35. The Hall–Kier alpha value is -2.37. The van der Waals surface area contributed by atoms with Crippen LogP contribution in [0, 0.1) is 5.41 Å². The topological polar surface area (TPSA) is 101 Å². The zero-order valence-corrected chi connectivity index (χ0v) is 11.8. The molecule has 1 aromatic rings. The van der Waals surface area contributed by atoms with Gasteiger partial charge in [0.2, 0.25) is 11.8 Å². The van der Waals surface area contributed by atoms with Gasteiger partial charge in [0.1, 0.15) is 0 Å². The second-order valence-electron chi connectivity index (χ2n) is 5.39. The van der Waals surface area contributed by atoms with Gasteiger partial charge < -0.3 is 16.4 Å². The molecule has 1 aromatic carbocycles. The van der Waals surface area contributed by atoms with Crippen molar-refractivity contribution in [1.82, 2.24) is 5.32 Å². The minimum atomic E-state index is -0.625. The summed E-state index contributed by atoms with van der Waals surface area (Å²) in [5, 5.41) is 5.07. The number of hydrogen-bond donors (Lipinski definition) is 3. The Morgan fingerprint density at radius 3 is 2.30 bits per heavy atom. The van der Waals surface area contributed by atoms with Crippen LogP contribution in [-0.4, -0.2) is 24.3 Å². The van der Waals surface area contributed by atoms with Gasteiger partial charge in [-0.25, -0.2) is 0 Å². The van der Waals surface area contributed by atoms with Gasteiger partial charge >= 0.3 is 0 Å². The van der Waals surface area contributed by atoms with Crippen LogP contribution >= 0.6 is 0 Å². The molecule has 20 heavy (non-hydrogen) atoms. The Morgan fingerprint density at radius 2 is 1.75 bits per heavy atom. The predicted molar refractivity (Wildman–Crippen MR) is 76.1 cm³/mol. The van der Waals surface area contributed by atoms with Crippen molar-refractivity contribution in [2.24, 2.45) is 11.1 Å². The third-order valence-corrected chi connectivity index (χ3v) is 2.56. The molecule has 0 saturated heterocycles. The maximum absolute atomic E-state index is 11.7. The van der Waals surface area contributed by atoms with Crippen molar-refractivity contribution < 1.29 is 14.4 Å². The molecule has 0 fully saturated rings. The second-order valence-corrected chi connectivity index (χ2v) is 5.39. The molecular formula is C14H19N3O3.